The fourth-order valence-corrected chi connectivity index (χ4v) is 1.99. The topological polar surface area (TPSA) is 49.3 Å². The summed E-state index contributed by atoms with van der Waals surface area (Å²) in [6.07, 6.45) is 0. The number of carbonyl (C=O) groups is 1. The molecule has 0 aromatic heterocycles. The lowest BCUT2D eigenvalue weighted by atomic mass is 9.86. The number of halogens is 2. The van der Waals surface area contributed by atoms with E-state index in [0.717, 1.165) is 23.9 Å². The fourth-order valence-electron chi connectivity index (χ4n) is 1.27. The molecule has 112 valence electrons. The molecule has 1 aromatic carbocycles. The average molecular weight is 303 g/mol. The SMILES string of the molecule is CC(C)(O)C(C)(C)NC(=O)CSc1ccc(F)cc1F. The van der Waals surface area contributed by atoms with Crippen LogP contribution in [0, 0.1) is 11.6 Å². The first-order chi connectivity index (χ1) is 9.03. The first-order valence-electron chi connectivity index (χ1n) is 6.14. The normalized spacial score (nSPS) is 12.3. The van der Waals surface area contributed by atoms with Crippen molar-refractivity contribution >= 4 is 17.7 Å². The molecule has 0 bridgehead atoms. The maximum absolute atomic E-state index is 13.4. The molecule has 1 rings (SSSR count). The van der Waals surface area contributed by atoms with E-state index in [1.807, 2.05) is 0 Å². The lowest BCUT2D eigenvalue weighted by molar-refractivity contribution is -0.123. The van der Waals surface area contributed by atoms with E-state index in [1.165, 1.54) is 6.07 Å². The van der Waals surface area contributed by atoms with Gasteiger partial charge in [0.2, 0.25) is 5.91 Å². The predicted octanol–water partition coefficient (Wildman–Crippen LogP) is 2.72. The van der Waals surface area contributed by atoms with Crippen LogP contribution in [0.25, 0.3) is 0 Å². The van der Waals surface area contributed by atoms with E-state index in [2.05, 4.69) is 5.32 Å². The highest BCUT2D eigenvalue weighted by Gasteiger charge is 2.36. The van der Waals surface area contributed by atoms with Crippen LogP contribution in [-0.4, -0.2) is 27.9 Å². The Balaban J connectivity index is 2.60. The smallest absolute Gasteiger partial charge is 0.230 e. The van der Waals surface area contributed by atoms with Gasteiger partial charge in [-0.3, -0.25) is 4.79 Å². The summed E-state index contributed by atoms with van der Waals surface area (Å²) in [6, 6.07) is 3.22. The van der Waals surface area contributed by atoms with Crippen molar-refractivity contribution in [1.82, 2.24) is 5.32 Å². The number of hydrogen-bond acceptors (Lipinski definition) is 3. The quantitative estimate of drug-likeness (QED) is 0.822. The van der Waals surface area contributed by atoms with Gasteiger partial charge in [0.05, 0.1) is 16.9 Å². The van der Waals surface area contributed by atoms with Crippen LogP contribution < -0.4 is 5.32 Å². The summed E-state index contributed by atoms with van der Waals surface area (Å²) in [5, 5.41) is 12.6. The van der Waals surface area contributed by atoms with Crippen molar-refractivity contribution in [3.8, 4) is 0 Å². The summed E-state index contributed by atoms with van der Waals surface area (Å²) in [6.45, 7) is 6.60. The highest BCUT2D eigenvalue weighted by molar-refractivity contribution is 8.00. The maximum Gasteiger partial charge on any atom is 0.230 e. The van der Waals surface area contributed by atoms with Gasteiger partial charge >= 0.3 is 0 Å². The zero-order valence-corrected chi connectivity index (χ0v) is 12.8. The molecule has 0 fully saturated rings. The zero-order valence-electron chi connectivity index (χ0n) is 12.0. The highest BCUT2D eigenvalue weighted by Crippen LogP contribution is 2.24. The summed E-state index contributed by atoms with van der Waals surface area (Å²) < 4.78 is 26.1. The van der Waals surface area contributed by atoms with E-state index in [9.17, 15) is 18.7 Å². The molecule has 0 aliphatic heterocycles. The van der Waals surface area contributed by atoms with Gasteiger partial charge in [0.25, 0.3) is 0 Å². The van der Waals surface area contributed by atoms with Crippen LogP contribution in [0.5, 0.6) is 0 Å². The van der Waals surface area contributed by atoms with E-state index >= 15 is 0 Å². The second kappa shape index (κ2) is 6.10. The van der Waals surface area contributed by atoms with Crippen LogP contribution in [0.2, 0.25) is 0 Å². The molecule has 0 atom stereocenters. The number of amides is 1. The predicted molar refractivity (Wildman–Crippen MR) is 75.6 cm³/mol. The van der Waals surface area contributed by atoms with E-state index in [1.54, 1.807) is 27.7 Å². The molecule has 1 amide bonds. The molecule has 2 N–H and O–H groups in total. The van der Waals surface area contributed by atoms with Gasteiger partial charge in [0.15, 0.2) is 0 Å². The number of carbonyl (C=O) groups excluding carboxylic acids is 1. The lowest BCUT2D eigenvalue weighted by Gasteiger charge is -2.37. The van der Waals surface area contributed by atoms with E-state index < -0.39 is 22.8 Å². The molecule has 1 aromatic rings. The van der Waals surface area contributed by atoms with Gasteiger partial charge in [-0.25, -0.2) is 8.78 Å². The minimum atomic E-state index is -1.09. The van der Waals surface area contributed by atoms with E-state index in [-0.39, 0.29) is 16.6 Å². The second-order valence-corrected chi connectivity index (χ2v) is 6.61. The fraction of sp³-hybridized carbons (Fsp3) is 0.500. The van der Waals surface area contributed by atoms with E-state index in [4.69, 9.17) is 0 Å². The molecule has 6 heteroatoms. The maximum atomic E-state index is 13.4. The Morgan fingerprint density at radius 2 is 1.90 bits per heavy atom. The van der Waals surface area contributed by atoms with Crippen LogP contribution in [-0.2, 0) is 4.79 Å². The summed E-state index contributed by atoms with van der Waals surface area (Å²) in [5.41, 5.74) is -1.90. The Morgan fingerprint density at radius 3 is 2.40 bits per heavy atom. The van der Waals surface area contributed by atoms with Gasteiger partial charge in [0.1, 0.15) is 11.6 Å². The Labute approximate surface area is 121 Å². The van der Waals surface area contributed by atoms with Crippen molar-refractivity contribution in [1.29, 1.82) is 0 Å². The minimum absolute atomic E-state index is 0.0118. The monoisotopic (exact) mass is 303 g/mol. The van der Waals surface area contributed by atoms with Crippen molar-refractivity contribution < 1.29 is 18.7 Å². The number of rotatable bonds is 5. The second-order valence-electron chi connectivity index (χ2n) is 5.60. The lowest BCUT2D eigenvalue weighted by Crippen LogP contribution is -2.58. The van der Waals surface area contributed by atoms with Crippen molar-refractivity contribution in [2.75, 3.05) is 5.75 Å². The third-order valence-corrected chi connectivity index (χ3v) is 4.28. The summed E-state index contributed by atoms with van der Waals surface area (Å²) >= 11 is 0.980. The van der Waals surface area contributed by atoms with Crippen LogP contribution in [0.4, 0.5) is 8.78 Å². The molecule has 3 nitrogen and oxygen atoms in total. The number of hydrogen-bond donors (Lipinski definition) is 2. The van der Waals surface area contributed by atoms with Gasteiger partial charge < -0.3 is 10.4 Å². The molecule has 20 heavy (non-hydrogen) atoms. The van der Waals surface area contributed by atoms with Crippen molar-refractivity contribution in [2.45, 2.75) is 43.7 Å². The summed E-state index contributed by atoms with van der Waals surface area (Å²) in [7, 11) is 0. The molecule has 0 heterocycles. The Bertz CT molecular complexity index is 498. The van der Waals surface area contributed by atoms with Crippen molar-refractivity contribution in [3.05, 3.63) is 29.8 Å². The van der Waals surface area contributed by atoms with Crippen LogP contribution >= 0.6 is 11.8 Å². The molecule has 0 unspecified atom stereocenters. The molecular weight excluding hydrogens is 284 g/mol. The number of nitrogens with one attached hydrogen (secondary N) is 1. The Morgan fingerprint density at radius 1 is 1.30 bits per heavy atom. The van der Waals surface area contributed by atoms with Crippen LogP contribution in [0.1, 0.15) is 27.7 Å². The Kier molecular flexibility index (Phi) is 5.15. The minimum Gasteiger partial charge on any atom is -0.388 e. The third kappa shape index (κ3) is 4.45. The third-order valence-electron chi connectivity index (χ3n) is 3.23. The highest BCUT2D eigenvalue weighted by atomic mass is 32.2. The average Bonchev–Trinajstić information content (AvgIpc) is 2.25. The van der Waals surface area contributed by atoms with Gasteiger partial charge in [-0.1, -0.05) is 0 Å². The molecule has 0 aliphatic carbocycles. The van der Waals surface area contributed by atoms with Crippen LogP contribution in [0.3, 0.4) is 0 Å². The molecule has 0 saturated carbocycles. The van der Waals surface area contributed by atoms with Crippen molar-refractivity contribution in [3.63, 3.8) is 0 Å². The number of thioether (sulfide) groups is 1. The largest absolute Gasteiger partial charge is 0.388 e. The molecular formula is C14H19F2NO2S. The first-order valence-corrected chi connectivity index (χ1v) is 7.13. The summed E-state index contributed by atoms with van der Waals surface area (Å²) in [4.78, 5) is 12.0. The Hall–Kier alpha value is -1.14. The van der Waals surface area contributed by atoms with Gasteiger partial charge in [0, 0.05) is 11.0 Å². The van der Waals surface area contributed by atoms with Crippen molar-refractivity contribution in [2.24, 2.45) is 0 Å². The standard InChI is InChI=1S/C14H19F2NO2S/c1-13(2,14(3,4)19)17-12(18)8-20-11-6-5-9(15)7-10(11)16/h5-7,19H,8H2,1-4H3,(H,17,18). The summed E-state index contributed by atoms with van der Waals surface area (Å²) in [5.74, 6) is -1.68. The van der Waals surface area contributed by atoms with Crippen LogP contribution in [0.15, 0.2) is 23.1 Å². The number of aliphatic hydroxyl groups is 1. The molecule has 0 spiro atoms. The first kappa shape index (κ1) is 16.9. The van der Waals surface area contributed by atoms with Gasteiger partial charge in [-0.15, -0.1) is 11.8 Å². The molecule has 0 saturated heterocycles. The van der Waals surface area contributed by atoms with Gasteiger partial charge in [-0.05, 0) is 39.8 Å². The molecule has 0 radical (unpaired) electrons. The van der Waals surface area contributed by atoms with E-state index in [0.29, 0.717) is 0 Å². The number of benzene rings is 1. The van der Waals surface area contributed by atoms with Gasteiger partial charge in [-0.2, -0.15) is 0 Å². The molecule has 0 aliphatic rings. The zero-order chi connectivity index (χ0) is 15.6.